The van der Waals surface area contributed by atoms with E-state index >= 15 is 0 Å². The number of fused-ring (bicyclic) bond motifs is 1. The van der Waals surface area contributed by atoms with Crippen LogP contribution in [0, 0.1) is 0 Å². The van der Waals surface area contributed by atoms with E-state index in [1.165, 1.54) is 6.07 Å². The molecule has 0 aromatic heterocycles. The summed E-state index contributed by atoms with van der Waals surface area (Å²) in [7, 11) is 0. The van der Waals surface area contributed by atoms with Gasteiger partial charge in [-0.05, 0) is 35.7 Å². The molecule has 0 spiro atoms. The summed E-state index contributed by atoms with van der Waals surface area (Å²) in [5.74, 6) is -0.156. The van der Waals surface area contributed by atoms with Crippen molar-refractivity contribution in [1.29, 1.82) is 0 Å². The number of ether oxygens (including phenoxy) is 1. The molecule has 0 aliphatic carbocycles. The molecule has 2 aromatic rings. The largest absolute Gasteiger partial charge is 0.573 e. The molecule has 1 N–H and O–H groups in total. The third-order valence-corrected chi connectivity index (χ3v) is 3.54. The molecule has 110 valence electrons. The summed E-state index contributed by atoms with van der Waals surface area (Å²) in [4.78, 5) is 0. The zero-order chi connectivity index (χ0) is 14.9. The van der Waals surface area contributed by atoms with Crippen molar-refractivity contribution >= 4 is 0 Å². The second-order valence-corrected chi connectivity index (χ2v) is 4.91. The molecule has 5 heteroatoms. The Balaban J connectivity index is 2.09. The maximum Gasteiger partial charge on any atom is 0.573 e. The molecule has 0 saturated heterocycles. The Morgan fingerprint density at radius 3 is 2.52 bits per heavy atom. The highest BCUT2D eigenvalue weighted by molar-refractivity contribution is 5.74. The second-order valence-electron chi connectivity index (χ2n) is 4.91. The number of hydrogen-bond acceptors (Lipinski definition) is 2. The Labute approximate surface area is 120 Å². The number of alkyl halides is 3. The van der Waals surface area contributed by atoms with Gasteiger partial charge in [0.25, 0.3) is 0 Å². The van der Waals surface area contributed by atoms with E-state index in [-0.39, 0.29) is 5.75 Å². The van der Waals surface area contributed by atoms with Gasteiger partial charge in [0, 0.05) is 12.1 Å². The second kappa shape index (κ2) is 5.41. The van der Waals surface area contributed by atoms with Crippen LogP contribution in [-0.4, -0.2) is 12.9 Å². The molecule has 0 atom stereocenters. The molecular formula is C16H14F3NO. The van der Waals surface area contributed by atoms with Gasteiger partial charge in [0.15, 0.2) is 0 Å². The molecule has 0 unspecified atom stereocenters. The number of rotatable bonds is 2. The van der Waals surface area contributed by atoms with Gasteiger partial charge >= 0.3 is 6.36 Å². The van der Waals surface area contributed by atoms with Crippen LogP contribution in [0.3, 0.4) is 0 Å². The van der Waals surface area contributed by atoms with Crippen molar-refractivity contribution in [3.63, 3.8) is 0 Å². The minimum Gasteiger partial charge on any atom is -0.405 e. The first kappa shape index (κ1) is 13.9. The zero-order valence-corrected chi connectivity index (χ0v) is 11.2. The number of hydrogen-bond donors (Lipinski definition) is 1. The maximum absolute atomic E-state index is 12.5. The molecule has 0 fully saturated rings. The molecule has 1 aliphatic heterocycles. The van der Waals surface area contributed by atoms with Crippen LogP contribution in [0.4, 0.5) is 13.2 Å². The lowest BCUT2D eigenvalue weighted by Crippen LogP contribution is -2.24. The Bertz CT molecular complexity index is 652. The summed E-state index contributed by atoms with van der Waals surface area (Å²) >= 11 is 0. The van der Waals surface area contributed by atoms with Crippen molar-refractivity contribution < 1.29 is 17.9 Å². The van der Waals surface area contributed by atoms with E-state index in [1.54, 1.807) is 18.2 Å². The molecule has 1 aliphatic rings. The van der Waals surface area contributed by atoms with E-state index in [4.69, 9.17) is 0 Å². The van der Waals surface area contributed by atoms with Gasteiger partial charge in [-0.3, -0.25) is 0 Å². The van der Waals surface area contributed by atoms with Crippen LogP contribution in [0.2, 0.25) is 0 Å². The van der Waals surface area contributed by atoms with Crippen molar-refractivity contribution in [3.8, 4) is 16.9 Å². The van der Waals surface area contributed by atoms with Crippen LogP contribution < -0.4 is 10.1 Å². The van der Waals surface area contributed by atoms with Crippen LogP contribution in [0.1, 0.15) is 11.1 Å². The van der Waals surface area contributed by atoms with Crippen molar-refractivity contribution in [2.45, 2.75) is 19.3 Å². The molecule has 2 nitrogen and oxygen atoms in total. The number of para-hydroxylation sites is 1. The first-order chi connectivity index (χ1) is 10.0. The van der Waals surface area contributed by atoms with Crippen LogP contribution in [-0.2, 0) is 13.0 Å². The highest BCUT2D eigenvalue weighted by atomic mass is 19.4. The van der Waals surface area contributed by atoms with Crippen LogP contribution in [0.25, 0.3) is 11.1 Å². The van der Waals surface area contributed by atoms with Gasteiger partial charge in [-0.1, -0.05) is 36.4 Å². The van der Waals surface area contributed by atoms with E-state index in [0.717, 1.165) is 36.2 Å². The summed E-state index contributed by atoms with van der Waals surface area (Å²) in [6.45, 7) is 1.57. The predicted octanol–water partition coefficient (Wildman–Crippen LogP) is 3.90. The molecule has 0 bridgehead atoms. The minimum absolute atomic E-state index is 0.156. The smallest absolute Gasteiger partial charge is 0.405 e. The average molecular weight is 293 g/mol. The van der Waals surface area contributed by atoms with E-state index < -0.39 is 6.36 Å². The SMILES string of the molecule is FC(F)(F)Oc1ccccc1-c1cccc2c1CCNC2. The highest BCUT2D eigenvalue weighted by Gasteiger charge is 2.32. The molecular weight excluding hydrogens is 279 g/mol. The number of halogens is 3. The first-order valence-electron chi connectivity index (χ1n) is 6.71. The summed E-state index contributed by atoms with van der Waals surface area (Å²) < 4.78 is 41.8. The third-order valence-electron chi connectivity index (χ3n) is 3.54. The predicted molar refractivity (Wildman–Crippen MR) is 74.0 cm³/mol. The van der Waals surface area contributed by atoms with Gasteiger partial charge in [-0.15, -0.1) is 13.2 Å². The lowest BCUT2D eigenvalue weighted by atomic mass is 9.91. The summed E-state index contributed by atoms with van der Waals surface area (Å²) in [5.41, 5.74) is 3.51. The first-order valence-corrected chi connectivity index (χ1v) is 6.71. The van der Waals surface area contributed by atoms with Crippen LogP contribution >= 0.6 is 0 Å². The molecule has 0 radical (unpaired) electrons. The van der Waals surface area contributed by atoms with Crippen molar-refractivity contribution in [2.24, 2.45) is 0 Å². The Morgan fingerprint density at radius 1 is 0.952 bits per heavy atom. The molecule has 21 heavy (non-hydrogen) atoms. The van der Waals surface area contributed by atoms with Gasteiger partial charge in [0.2, 0.25) is 0 Å². The lowest BCUT2D eigenvalue weighted by molar-refractivity contribution is -0.274. The summed E-state index contributed by atoms with van der Waals surface area (Å²) in [6, 6.07) is 12.0. The van der Waals surface area contributed by atoms with Gasteiger partial charge < -0.3 is 10.1 Å². The fourth-order valence-corrected chi connectivity index (χ4v) is 2.69. The van der Waals surface area contributed by atoms with E-state index in [9.17, 15) is 13.2 Å². The molecule has 2 aromatic carbocycles. The van der Waals surface area contributed by atoms with E-state index in [0.29, 0.717) is 5.56 Å². The standard InChI is InChI=1S/C16H14F3NO/c17-16(18,19)21-15-7-2-1-5-14(15)13-6-3-4-11-10-20-9-8-12(11)13/h1-7,20H,8-10H2. The quantitative estimate of drug-likeness (QED) is 0.906. The minimum atomic E-state index is -4.69. The normalized spacial score (nSPS) is 14.6. The van der Waals surface area contributed by atoms with Crippen molar-refractivity contribution in [2.75, 3.05) is 6.54 Å². The molecule has 0 amide bonds. The van der Waals surface area contributed by atoms with Gasteiger partial charge in [0.05, 0.1) is 0 Å². The number of benzene rings is 2. The van der Waals surface area contributed by atoms with Gasteiger partial charge in [0.1, 0.15) is 5.75 Å². The maximum atomic E-state index is 12.5. The average Bonchev–Trinajstić information content (AvgIpc) is 2.46. The van der Waals surface area contributed by atoms with E-state index in [1.807, 2.05) is 18.2 Å². The Kier molecular flexibility index (Phi) is 3.59. The van der Waals surface area contributed by atoms with E-state index in [2.05, 4.69) is 10.1 Å². The summed E-state index contributed by atoms with van der Waals surface area (Å²) in [6.07, 6.45) is -3.89. The Morgan fingerprint density at radius 2 is 1.71 bits per heavy atom. The summed E-state index contributed by atoms with van der Waals surface area (Å²) in [5, 5.41) is 3.26. The Hall–Kier alpha value is -2.01. The highest BCUT2D eigenvalue weighted by Crippen LogP contribution is 2.37. The van der Waals surface area contributed by atoms with Crippen molar-refractivity contribution in [1.82, 2.24) is 5.32 Å². The topological polar surface area (TPSA) is 21.3 Å². The fourth-order valence-electron chi connectivity index (χ4n) is 2.69. The zero-order valence-electron chi connectivity index (χ0n) is 11.2. The van der Waals surface area contributed by atoms with Crippen molar-refractivity contribution in [3.05, 3.63) is 53.6 Å². The third kappa shape index (κ3) is 3.03. The van der Waals surface area contributed by atoms with Gasteiger partial charge in [-0.2, -0.15) is 0 Å². The van der Waals surface area contributed by atoms with Crippen LogP contribution in [0.5, 0.6) is 5.75 Å². The number of nitrogens with one attached hydrogen (secondary N) is 1. The van der Waals surface area contributed by atoms with Crippen LogP contribution in [0.15, 0.2) is 42.5 Å². The monoisotopic (exact) mass is 293 g/mol. The fraction of sp³-hybridized carbons (Fsp3) is 0.250. The molecule has 3 rings (SSSR count). The lowest BCUT2D eigenvalue weighted by Gasteiger charge is -2.22. The van der Waals surface area contributed by atoms with Gasteiger partial charge in [-0.25, -0.2) is 0 Å². The molecule has 0 saturated carbocycles. The molecule has 1 heterocycles.